The van der Waals surface area contributed by atoms with Gasteiger partial charge in [0, 0.05) is 75.3 Å². The van der Waals surface area contributed by atoms with E-state index in [-0.39, 0.29) is 85.7 Å². The van der Waals surface area contributed by atoms with E-state index in [1.54, 1.807) is 83.0 Å². The van der Waals surface area contributed by atoms with E-state index in [0.29, 0.717) is 30.2 Å². The average molecular weight is 1050 g/mol. The zero-order valence-corrected chi connectivity index (χ0v) is 44.0. The van der Waals surface area contributed by atoms with Crippen LogP contribution in [0, 0.1) is 13.8 Å². The third-order valence-electron chi connectivity index (χ3n) is 10.7. The van der Waals surface area contributed by atoms with E-state index < -0.39 is 81.5 Å². The molecule has 2 aromatic heterocycles. The Labute approximate surface area is 430 Å². The minimum Gasteiger partial charge on any atom is -0.494 e. The molecule has 74 heavy (non-hydrogen) atoms. The molecule has 3 atom stereocenters. The highest BCUT2D eigenvalue weighted by Crippen LogP contribution is 2.26. The van der Waals surface area contributed by atoms with Gasteiger partial charge in [-0.2, -0.15) is 9.82 Å². The second kappa shape index (κ2) is 27.2. The summed E-state index contributed by atoms with van der Waals surface area (Å²) in [6, 6.07) is 3.83. The number of nitrogens with two attached hydrogens (primary N) is 1. The van der Waals surface area contributed by atoms with E-state index in [2.05, 4.69) is 46.4 Å². The number of sulfonamides is 1. The molecule has 10 N–H and O–H groups in total. The molecule has 25 heteroatoms. The van der Waals surface area contributed by atoms with Crippen molar-refractivity contribution in [2.75, 3.05) is 38.1 Å². The Morgan fingerprint density at radius 1 is 0.811 bits per heavy atom. The van der Waals surface area contributed by atoms with Crippen LogP contribution < -0.4 is 41.8 Å². The summed E-state index contributed by atoms with van der Waals surface area (Å²) in [5, 5.41) is 28.6. The lowest BCUT2D eigenvalue weighted by Crippen LogP contribution is -2.52. The fourth-order valence-corrected chi connectivity index (χ4v) is 9.01. The van der Waals surface area contributed by atoms with Crippen molar-refractivity contribution in [2.45, 2.75) is 141 Å². The Balaban J connectivity index is 1.21. The van der Waals surface area contributed by atoms with E-state index in [9.17, 15) is 47.1 Å². The summed E-state index contributed by atoms with van der Waals surface area (Å²) >= 11 is 0. The van der Waals surface area contributed by atoms with Crippen molar-refractivity contribution < 1.29 is 61.3 Å². The maximum Gasteiger partial charge on any atom is 0.323 e. The van der Waals surface area contributed by atoms with Gasteiger partial charge in [-0.1, -0.05) is 0 Å². The monoisotopic (exact) mass is 1050 g/mol. The maximum atomic E-state index is 13.6. The molecule has 0 bridgehead atoms. The topological polar surface area (TPSA) is 346 Å². The first-order valence-electron chi connectivity index (χ1n) is 24.2. The molecule has 406 valence electrons. The highest BCUT2D eigenvalue weighted by molar-refractivity contribution is 7.89. The molecule has 4 rings (SSSR count). The van der Waals surface area contributed by atoms with Crippen molar-refractivity contribution >= 4 is 68.4 Å². The number of hydrogen-bond acceptors (Lipinski definition) is 16. The number of nitrogens with one attached hydrogen (secondary N) is 7. The number of H-pyrrole nitrogens is 1. The molecule has 2 heterocycles. The molecule has 0 spiro atoms. The lowest BCUT2D eigenvalue weighted by atomic mass is 10.1. The molecule has 4 aromatic rings. The number of anilines is 1. The van der Waals surface area contributed by atoms with Gasteiger partial charge in [0.2, 0.25) is 27.7 Å². The minimum absolute atomic E-state index is 0.0202. The molecule has 0 saturated carbocycles. The number of aryl methyl sites for hydroxylation is 3. The predicted octanol–water partition coefficient (Wildman–Crippen LogP) is 2.49. The standard InChI is InChI=1S/C49H71N11O13S/c1-30-25-34(71-24-9-11-39(61)51-19-20-52-45(66)36(14-17-41(63)73-49(6,7)8)58-44(65)35(50)13-16-40(62)72-48(3,4)5)26-31(2)42(30)74(69,70)59-37(46(67)68)29-56-43(64)32-12-15-38-33(27-32)28-57-60(38)23-10-18-53-47-54-21-22-55-47/h12,15,21-22,25-28,35-37,59H,9-11,13-14,16-20,23-24,29,50H2,1-8H3,(H,51,61)(H,52,66)(H,56,64)(H,58,65)(H,67,68)(H2,53,54,55). The number of hydrogen-bond donors (Lipinski definition) is 9. The van der Waals surface area contributed by atoms with Crippen LogP contribution in [-0.2, 0) is 54.8 Å². The first-order chi connectivity index (χ1) is 34.7. The lowest BCUT2D eigenvalue weighted by Gasteiger charge is -2.23. The largest absolute Gasteiger partial charge is 0.494 e. The first-order valence-corrected chi connectivity index (χ1v) is 25.7. The van der Waals surface area contributed by atoms with Gasteiger partial charge in [-0.25, -0.2) is 13.4 Å². The van der Waals surface area contributed by atoms with Crippen molar-refractivity contribution in [1.82, 2.24) is 45.7 Å². The second-order valence-electron chi connectivity index (χ2n) is 19.5. The predicted molar refractivity (Wildman–Crippen MR) is 272 cm³/mol. The quantitative estimate of drug-likeness (QED) is 0.0279. The van der Waals surface area contributed by atoms with Crippen LogP contribution in [0.4, 0.5) is 5.95 Å². The summed E-state index contributed by atoms with van der Waals surface area (Å²) in [6.07, 6.45) is 5.57. The smallest absolute Gasteiger partial charge is 0.323 e. The molecule has 4 amide bonds. The highest BCUT2D eigenvalue weighted by atomic mass is 32.2. The normalized spacial score (nSPS) is 13.0. The van der Waals surface area contributed by atoms with Crippen molar-refractivity contribution in [1.29, 1.82) is 0 Å². The van der Waals surface area contributed by atoms with Crippen LogP contribution in [0.1, 0.15) is 108 Å². The summed E-state index contributed by atoms with van der Waals surface area (Å²) in [5.41, 5.74) is 6.08. The SMILES string of the molecule is Cc1cc(OCCCC(=O)NCCNC(=O)C(CCC(=O)OC(C)(C)C)NC(=O)C(N)CCC(=O)OC(C)(C)C)cc(C)c1S(=O)(=O)NC(CNC(=O)c1ccc2c(cnn2CCCNc2ncc[nH]2)c1)C(=O)O. The van der Waals surface area contributed by atoms with Crippen molar-refractivity contribution in [2.24, 2.45) is 5.73 Å². The Morgan fingerprint density at radius 3 is 2.08 bits per heavy atom. The maximum absolute atomic E-state index is 13.6. The second-order valence-corrected chi connectivity index (χ2v) is 21.1. The van der Waals surface area contributed by atoms with Gasteiger partial charge < -0.3 is 56.6 Å². The number of carbonyl (C=O) groups excluding carboxylic acids is 6. The molecule has 3 unspecified atom stereocenters. The molecule has 0 fully saturated rings. The zero-order chi connectivity index (χ0) is 54.8. The number of rotatable bonds is 29. The number of carbonyl (C=O) groups is 7. The number of amides is 4. The molecule has 0 saturated heterocycles. The molecule has 2 aromatic carbocycles. The van der Waals surface area contributed by atoms with Gasteiger partial charge in [-0.3, -0.25) is 38.2 Å². The molecule has 0 aliphatic rings. The van der Waals surface area contributed by atoms with Gasteiger partial charge in [0.05, 0.1) is 29.3 Å². The Kier molecular flexibility index (Phi) is 21.9. The molecule has 0 aliphatic heterocycles. The van der Waals surface area contributed by atoms with Crippen LogP contribution in [0.5, 0.6) is 5.75 Å². The Bertz CT molecular complexity index is 2670. The summed E-state index contributed by atoms with van der Waals surface area (Å²) < 4.78 is 47.6. The minimum atomic E-state index is -4.43. The van der Waals surface area contributed by atoms with E-state index in [4.69, 9.17) is 19.9 Å². The number of nitrogens with zero attached hydrogens (tertiary/aromatic N) is 3. The van der Waals surface area contributed by atoms with Gasteiger partial charge in [0.15, 0.2) is 5.95 Å². The third kappa shape index (κ3) is 20.1. The third-order valence-corrected chi connectivity index (χ3v) is 12.5. The van der Waals surface area contributed by atoms with Crippen LogP contribution in [0.25, 0.3) is 10.9 Å². The van der Waals surface area contributed by atoms with E-state index in [1.165, 1.54) is 26.0 Å². The number of ether oxygens (including phenoxy) is 3. The van der Waals surface area contributed by atoms with Crippen molar-refractivity contribution in [3.63, 3.8) is 0 Å². The van der Waals surface area contributed by atoms with Crippen LogP contribution in [0.3, 0.4) is 0 Å². The number of carboxylic acid groups (broad SMARTS) is 1. The Morgan fingerprint density at radius 2 is 1.46 bits per heavy atom. The number of carboxylic acids is 1. The number of fused-ring (bicyclic) bond motifs is 1. The molecule has 0 aliphatic carbocycles. The summed E-state index contributed by atoms with van der Waals surface area (Å²) in [6.45, 7) is 14.0. The molecule has 24 nitrogen and oxygen atoms in total. The molecular weight excluding hydrogens is 983 g/mol. The van der Waals surface area contributed by atoms with Gasteiger partial charge in [-0.15, -0.1) is 0 Å². The van der Waals surface area contributed by atoms with Crippen LogP contribution in [-0.4, -0.2) is 137 Å². The number of esters is 2. The first kappa shape index (κ1) is 59.4. The van der Waals surface area contributed by atoms with Crippen molar-refractivity contribution in [3.05, 3.63) is 65.6 Å². The number of aliphatic carboxylic acids is 1. The summed E-state index contributed by atoms with van der Waals surface area (Å²) in [5.74, 6) is -3.95. The Hall–Kier alpha value is -7.12. The van der Waals surface area contributed by atoms with Crippen LogP contribution in [0.15, 0.2) is 53.8 Å². The van der Waals surface area contributed by atoms with Crippen LogP contribution >= 0.6 is 0 Å². The van der Waals surface area contributed by atoms with Crippen molar-refractivity contribution in [3.8, 4) is 5.75 Å². The fraction of sp³-hybridized carbons (Fsp3) is 0.531. The van der Waals surface area contributed by atoms with E-state index >= 15 is 0 Å². The zero-order valence-electron chi connectivity index (χ0n) is 43.2. The highest BCUT2D eigenvalue weighted by Gasteiger charge is 2.30. The van der Waals surface area contributed by atoms with Gasteiger partial charge >= 0.3 is 17.9 Å². The van der Waals surface area contributed by atoms with Gasteiger partial charge in [0.1, 0.15) is 29.0 Å². The summed E-state index contributed by atoms with van der Waals surface area (Å²) in [7, 11) is -4.43. The summed E-state index contributed by atoms with van der Waals surface area (Å²) in [4.78, 5) is 95.6. The molecule has 0 radical (unpaired) electrons. The number of benzene rings is 2. The average Bonchev–Trinajstić information content (AvgIpc) is 3.98. The van der Waals surface area contributed by atoms with Gasteiger partial charge in [0.25, 0.3) is 5.91 Å². The van der Waals surface area contributed by atoms with E-state index in [0.717, 1.165) is 11.9 Å². The van der Waals surface area contributed by atoms with Gasteiger partial charge in [-0.05, 0) is 123 Å². The lowest BCUT2D eigenvalue weighted by molar-refractivity contribution is -0.156. The molecular formula is C49H71N11O13S. The fourth-order valence-electron chi connectivity index (χ4n) is 7.37. The number of imidazole rings is 1. The van der Waals surface area contributed by atoms with Crippen LogP contribution in [0.2, 0.25) is 0 Å². The van der Waals surface area contributed by atoms with E-state index in [1.807, 2.05) is 0 Å². The number of aromatic nitrogens is 4. The number of aromatic amines is 1.